The second kappa shape index (κ2) is 12.4. The van der Waals surface area contributed by atoms with E-state index < -0.39 is 11.9 Å². The standard InChI is InChI=1S/C27H38N4O5/c1-2-3-11-29(12-5-15-32)25(33)19-30-18-22(20-6-7-24-21(17-20)9-16-36-24)26(27(34)35)23(30)8-14-31-13-4-10-28-31/h4,6-7,10,13,17,22-23,26,32H,2-3,5,8-9,11-12,14-16,18-19H2,1H3,(H,34,35). The smallest absolute Gasteiger partial charge is 0.308 e. The maximum atomic E-state index is 13.4. The first-order valence-electron chi connectivity index (χ1n) is 13.1. The van der Waals surface area contributed by atoms with Crippen LogP contribution in [0.5, 0.6) is 5.75 Å². The summed E-state index contributed by atoms with van der Waals surface area (Å²) in [6, 6.07) is 7.58. The molecule has 3 atom stereocenters. The molecule has 196 valence electrons. The number of unbranched alkanes of at least 4 members (excludes halogenated alkanes) is 1. The predicted molar refractivity (Wildman–Crippen MR) is 135 cm³/mol. The number of amides is 1. The molecule has 2 N–H and O–H groups in total. The number of aromatic nitrogens is 2. The van der Waals surface area contributed by atoms with Gasteiger partial charge in [0, 0.05) is 63.6 Å². The van der Waals surface area contributed by atoms with Crippen molar-refractivity contribution >= 4 is 11.9 Å². The summed E-state index contributed by atoms with van der Waals surface area (Å²) in [4.78, 5) is 29.9. The van der Waals surface area contributed by atoms with Crippen LogP contribution in [0.15, 0.2) is 36.7 Å². The number of nitrogens with zero attached hydrogens (tertiary/aromatic N) is 4. The highest BCUT2D eigenvalue weighted by Crippen LogP contribution is 2.41. The van der Waals surface area contributed by atoms with E-state index in [2.05, 4.69) is 23.0 Å². The van der Waals surface area contributed by atoms with Gasteiger partial charge in [-0.2, -0.15) is 5.10 Å². The zero-order valence-corrected chi connectivity index (χ0v) is 21.1. The van der Waals surface area contributed by atoms with E-state index in [1.54, 1.807) is 6.20 Å². The molecule has 1 amide bonds. The molecular formula is C27H38N4O5. The minimum Gasteiger partial charge on any atom is -0.493 e. The fraction of sp³-hybridized carbons (Fsp3) is 0.593. The Morgan fingerprint density at radius 1 is 1.25 bits per heavy atom. The Hall–Kier alpha value is -2.91. The lowest BCUT2D eigenvalue weighted by Crippen LogP contribution is -2.45. The van der Waals surface area contributed by atoms with E-state index in [0.29, 0.717) is 45.6 Å². The van der Waals surface area contributed by atoms with Crippen molar-refractivity contribution in [1.82, 2.24) is 19.6 Å². The van der Waals surface area contributed by atoms with Crippen LogP contribution in [0.4, 0.5) is 0 Å². The number of carboxylic acids is 1. The second-order valence-corrected chi connectivity index (χ2v) is 9.80. The van der Waals surface area contributed by atoms with Crippen LogP contribution in [-0.4, -0.2) is 87.1 Å². The third-order valence-electron chi connectivity index (χ3n) is 7.45. The molecule has 1 aromatic carbocycles. The van der Waals surface area contributed by atoms with Crippen molar-refractivity contribution in [2.75, 3.05) is 39.4 Å². The summed E-state index contributed by atoms with van der Waals surface area (Å²) < 4.78 is 7.46. The van der Waals surface area contributed by atoms with E-state index in [1.165, 1.54) is 0 Å². The number of aliphatic carboxylic acids is 1. The highest BCUT2D eigenvalue weighted by molar-refractivity contribution is 5.79. The first kappa shape index (κ1) is 26.2. The molecule has 0 aliphatic carbocycles. The minimum atomic E-state index is -0.833. The molecule has 1 fully saturated rings. The number of ether oxygens (including phenoxy) is 1. The number of aliphatic hydroxyl groups is 1. The monoisotopic (exact) mass is 498 g/mol. The van der Waals surface area contributed by atoms with Gasteiger partial charge in [0.05, 0.1) is 19.1 Å². The van der Waals surface area contributed by atoms with Crippen molar-refractivity contribution in [2.45, 2.75) is 57.5 Å². The first-order valence-corrected chi connectivity index (χ1v) is 13.1. The number of carbonyl (C=O) groups excluding carboxylic acids is 1. The maximum Gasteiger partial charge on any atom is 0.308 e. The van der Waals surface area contributed by atoms with Crippen molar-refractivity contribution < 1.29 is 24.5 Å². The number of aliphatic hydroxyl groups excluding tert-OH is 1. The van der Waals surface area contributed by atoms with E-state index in [1.807, 2.05) is 34.0 Å². The SMILES string of the molecule is CCCCN(CCCO)C(=O)CN1CC(c2ccc3c(c2)CCO3)C(C(=O)O)C1CCn1cccn1. The molecule has 4 rings (SSSR count). The fourth-order valence-electron chi connectivity index (χ4n) is 5.57. The topological polar surface area (TPSA) is 108 Å². The number of fused-ring (bicyclic) bond motifs is 1. The molecule has 9 nitrogen and oxygen atoms in total. The average Bonchev–Trinajstić information content (AvgIpc) is 3.62. The predicted octanol–water partition coefficient (Wildman–Crippen LogP) is 2.39. The first-order chi connectivity index (χ1) is 17.5. The number of carboxylic acid groups (broad SMARTS) is 1. The number of carbonyl (C=O) groups is 2. The van der Waals surface area contributed by atoms with Gasteiger partial charge < -0.3 is 19.8 Å². The summed E-state index contributed by atoms with van der Waals surface area (Å²) in [7, 11) is 0. The Bertz CT molecular complexity index is 1000. The van der Waals surface area contributed by atoms with Gasteiger partial charge in [-0.1, -0.05) is 25.5 Å². The van der Waals surface area contributed by atoms with Gasteiger partial charge in [-0.05, 0) is 42.5 Å². The summed E-state index contributed by atoms with van der Waals surface area (Å²) in [5, 5.41) is 23.9. The highest BCUT2D eigenvalue weighted by atomic mass is 16.5. The molecule has 3 heterocycles. The summed E-state index contributed by atoms with van der Waals surface area (Å²) in [6.07, 6.45) is 7.42. The zero-order valence-electron chi connectivity index (χ0n) is 21.1. The lowest BCUT2D eigenvalue weighted by Gasteiger charge is -2.29. The van der Waals surface area contributed by atoms with Crippen LogP contribution in [-0.2, 0) is 22.6 Å². The molecule has 0 saturated carbocycles. The van der Waals surface area contributed by atoms with Crippen molar-refractivity contribution in [3.63, 3.8) is 0 Å². The minimum absolute atomic E-state index is 0.00636. The van der Waals surface area contributed by atoms with Crippen LogP contribution in [0.1, 0.15) is 49.7 Å². The Labute approximate surface area is 212 Å². The van der Waals surface area contributed by atoms with Crippen molar-refractivity contribution in [3.8, 4) is 5.75 Å². The molecular weight excluding hydrogens is 460 g/mol. The van der Waals surface area contributed by atoms with Crippen molar-refractivity contribution in [2.24, 2.45) is 5.92 Å². The van der Waals surface area contributed by atoms with Gasteiger partial charge in [-0.15, -0.1) is 0 Å². The van der Waals surface area contributed by atoms with Crippen LogP contribution in [0.3, 0.4) is 0 Å². The number of rotatable bonds is 13. The molecule has 0 radical (unpaired) electrons. The number of hydrogen-bond acceptors (Lipinski definition) is 6. The molecule has 0 spiro atoms. The Morgan fingerprint density at radius 3 is 2.81 bits per heavy atom. The molecule has 1 saturated heterocycles. The van der Waals surface area contributed by atoms with Gasteiger partial charge in [-0.3, -0.25) is 19.2 Å². The quantitative estimate of drug-likeness (QED) is 0.437. The van der Waals surface area contributed by atoms with Gasteiger partial charge in [0.15, 0.2) is 0 Å². The number of hydrogen-bond donors (Lipinski definition) is 2. The Morgan fingerprint density at radius 2 is 2.08 bits per heavy atom. The summed E-state index contributed by atoms with van der Waals surface area (Å²) in [5.74, 6) is -0.810. The molecule has 3 unspecified atom stereocenters. The Kier molecular flexibility index (Phi) is 8.98. The van der Waals surface area contributed by atoms with E-state index in [0.717, 1.165) is 36.1 Å². The van der Waals surface area contributed by atoms with Gasteiger partial charge in [0.1, 0.15) is 5.75 Å². The van der Waals surface area contributed by atoms with E-state index in [4.69, 9.17) is 4.74 Å². The summed E-state index contributed by atoms with van der Waals surface area (Å²) in [5.41, 5.74) is 2.11. The van der Waals surface area contributed by atoms with Gasteiger partial charge in [-0.25, -0.2) is 0 Å². The second-order valence-electron chi connectivity index (χ2n) is 9.80. The third-order valence-corrected chi connectivity index (χ3v) is 7.45. The van der Waals surface area contributed by atoms with Crippen LogP contribution in [0.25, 0.3) is 0 Å². The van der Waals surface area contributed by atoms with Gasteiger partial charge in [0.2, 0.25) is 5.91 Å². The number of aryl methyl sites for hydroxylation is 1. The number of likely N-dealkylation sites (tertiary alicyclic amines) is 1. The molecule has 9 heteroatoms. The van der Waals surface area contributed by atoms with Gasteiger partial charge in [0.25, 0.3) is 0 Å². The lowest BCUT2D eigenvalue weighted by molar-refractivity contribution is -0.144. The summed E-state index contributed by atoms with van der Waals surface area (Å²) in [6.45, 7) is 5.21. The van der Waals surface area contributed by atoms with Gasteiger partial charge >= 0.3 is 5.97 Å². The Balaban J connectivity index is 1.58. The maximum absolute atomic E-state index is 13.4. The van der Waals surface area contributed by atoms with E-state index >= 15 is 0 Å². The highest BCUT2D eigenvalue weighted by Gasteiger charge is 2.47. The molecule has 36 heavy (non-hydrogen) atoms. The molecule has 2 aromatic rings. The van der Waals surface area contributed by atoms with Crippen LogP contribution in [0, 0.1) is 5.92 Å². The summed E-state index contributed by atoms with van der Waals surface area (Å²) >= 11 is 0. The van der Waals surface area contributed by atoms with Crippen LogP contribution in [0.2, 0.25) is 0 Å². The number of benzene rings is 1. The molecule has 1 aromatic heterocycles. The van der Waals surface area contributed by atoms with E-state index in [-0.39, 0.29) is 31.0 Å². The largest absolute Gasteiger partial charge is 0.493 e. The molecule has 2 aliphatic rings. The van der Waals surface area contributed by atoms with Crippen LogP contribution >= 0.6 is 0 Å². The average molecular weight is 499 g/mol. The zero-order chi connectivity index (χ0) is 25.5. The normalized spacial score (nSPS) is 21.3. The van der Waals surface area contributed by atoms with Crippen LogP contribution < -0.4 is 4.74 Å². The van der Waals surface area contributed by atoms with E-state index in [9.17, 15) is 19.8 Å². The lowest BCUT2D eigenvalue weighted by atomic mass is 9.83. The molecule has 0 bridgehead atoms. The molecule has 2 aliphatic heterocycles. The van der Waals surface area contributed by atoms with Crippen molar-refractivity contribution in [3.05, 3.63) is 47.8 Å². The fourth-order valence-corrected chi connectivity index (χ4v) is 5.57. The van der Waals surface area contributed by atoms with Crippen molar-refractivity contribution in [1.29, 1.82) is 0 Å². The third kappa shape index (κ3) is 6.07.